The van der Waals surface area contributed by atoms with E-state index in [2.05, 4.69) is 10.4 Å². The molecule has 0 fully saturated rings. The smallest absolute Gasteiger partial charge is 0.273 e. The van der Waals surface area contributed by atoms with Crippen LogP contribution in [0.2, 0.25) is 0 Å². The molecule has 0 bridgehead atoms. The maximum atomic E-state index is 12.9. The predicted octanol–water partition coefficient (Wildman–Crippen LogP) is 4.05. The first-order chi connectivity index (χ1) is 14.8. The van der Waals surface area contributed by atoms with Gasteiger partial charge in [0.1, 0.15) is 18.1 Å². The lowest BCUT2D eigenvalue weighted by atomic mass is 10.1. The Kier molecular flexibility index (Phi) is 6.74. The molecule has 0 spiro atoms. The highest BCUT2D eigenvalue weighted by Crippen LogP contribution is 2.21. The summed E-state index contributed by atoms with van der Waals surface area (Å²) >= 11 is 0. The molecule has 3 rings (SSSR count). The number of nitrogens with zero attached hydrogens (tertiary/aromatic N) is 3. The Bertz CT molecular complexity index is 1100. The highest BCUT2D eigenvalue weighted by Gasteiger charge is 2.21. The lowest BCUT2D eigenvalue weighted by Gasteiger charge is -2.14. The van der Waals surface area contributed by atoms with E-state index in [9.17, 15) is 9.59 Å². The SMILES string of the molecule is CCn1ncc(NC(=O)c2cccc(COc3cc(C)ccc3C)c2)c1C(=O)N(C)C. The summed E-state index contributed by atoms with van der Waals surface area (Å²) in [5, 5.41) is 7.04. The molecule has 31 heavy (non-hydrogen) atoms. The van der Waals surface area contributed by atoms with E-state index in [4.69, 9.17) is 4.74 Å². The van der Waals surface area contributed by atoms with Crippen LogP contribution in [0, 0.1) is 13.8 Å². The number of anilines is 1. The number of nitrogens with one attached hydrogen (secondary N) is 1. The van der Waals surface area contributed by atoms with Gasteiger partial charge in [-0.2, -0.15) is 5.10 Å². The second kappa shape index (κ2) is 9.47. The Morgan fingerprint density at radius 2 is 1.90 bits per heavy atom. The van der Waals surface area contributed by atoms with Crippen LogP contribution >= 0.6 is 0 Å². The van der Waals surface area contributed by atoms with Crippen LogP contribution in [0.1, 0.15) is 44.5 Å². The molecule has 0 aliphatic heterocycles. The molecule has 3 aromatic rings. The number of rotatable bonds is 7. The Morgan fingerprint density at radius 3 is 2.61 bits per heavy atom. The number of carbonyl (C=O) groups excluding carboxylic acids is 2. The quantitative estimate of drug-likeness (QED) is 0.626. The molecule has 162 valence electrons. The molecule has 1 heterocycles. The average Bonchev–Trinajstić information content (AvgIpc) is 3.16. The van der Waals surface area contributed by atoms with Crippen LogP contribution < -0.4 is 10.1 Å². The number of hydrogen-bond donors (Lipinski definition) is 1. The maximum Gasteiger partial charge on any atom is 0.273 e. The Labute approximate surface area is 182 Å². The van der Waals surface area contributed by atoms with Gasteiger partial charge in [0.25, 0.3) is 11.8 Å². The van der Waals surface area contributed by atoms with Crippen molar-refractivity contribution in [1.82, 2.24) is 14.7 Å². The molecule has 7 nitrogen and oxygen atoms in total. The molecule has 1 N–H and O–H groups in total. The predicted molar refractivity (Wildman–Crippen MR) is 121 cm³/mol. The number of carbonyl (C=O) groups is 2. The zero-order chi connectivity index (χ0) is 22.5. The van der Waals surface area contributed by atoms with E-state index in [0.29, 0.717) is 30.1 Å². The Balaban J connectivity index is 1.76. The fourth-order valence-electron chi connectivity index (χ4n) is 3.17. The van der Waals surface area contributed by atoms with Crippen molar-refractivity contribution in [2.45, 2.75) is 33.9 Å². The molecule has 0 radical (unpaired) electrons. The van der Waals surface area contributed by atoms with Crippen LogP contribution in [0.4, 0.5) is 5.69 Å². The first-order valence-corrected chi connectivity index (χ1v) is 10.2. The van der Waals surface area contributed by atoms with Gasteiger partial charge in [0.2, 0.25) is 0 Å². The number of aromatic nitrogens is 2. The fraction of sp³-hybridized carbons (Fsp3) is 0.292. The maximum absolute atomic E-state index is 12.9. The van der Waals surface area contributed by atoms with Crippen molar-refractivity contribution >= 4 is 17.5 Å². The fourth-order valence-corrected chi connectivity index (χ4v) is 3.17. The Hall–Kier alpha value is -3.61. The van der Waals surface area contributed by atoms with E-state index in [1.54, 1.807) is 30.9 Å². The summed E-state index contributed by atoms with van der Waals surface area (Å²) in [6, 6.07) is 13.3. The van der Waals surface area contributed by atoms with Gasteiger partial charge in [-0.1, -0.05) is 24.3 Å². The van der Waals surface area contributed by atoms with E-state index in [1.165, 1.54) is 11.1 Å². The summed E-state index contributed by atoms with van der Waals surface area (Å²) in [7, 11) is 3.33. The zero-order valence-electron chi connectivity index (χ0n) is 18.6. The summed E-state index contributed by atoms with van der Waals surface area (Å²) in [5.74, 6) is 0.302. The Morgan fingerprint density at radius 1 is 1.13 bits per heavy atom. The van der Waals surface area contributed by atoms with Crippen molar-refractivity contribution in [2.24, 2.45) is 0 Å². The third kappa shape index (κ3) is 5.12. The van der Waals surface area contributed by atoms with Crippen molar-refractivity contribution in [2.75, 3.05) is 19.4 Å². The minimum Gasteiger partial charge on any atom is -0.489 e. The molecule has 0 unspecified atom stereocenters. The van der Waals surface area contributed by atoms with Crippen molar-refractivity contribution in [3.05, 3.63) is 76.6 Å². The second-order valence-corrected chi connectivity index (χ2v) is 7.63. The first-order valence-electron chi connectivity index (χ1n) is 10.2. The summed E-state index contributed by atoms with van der Waals surface area (Å²) in [6.45, 7) is 6.79. The molecule has 1 aromatic heterocycles. The van der Waals surface area contributed by atoms with Gasteiger partial charge < -0.3 is 15.0 Å². The topological polar surface area (TPSA) is 76.5 Å². The highest BCUT2D eigenvalue weighted by atomic mass is 16.5. The molecule has 0 saturated heterocycles. The zero-order valence-corrected chi connectivity index (χ0v) is 18.6. The van der Waals surface area contributed by atoms with Crippen LogP contribution in [-0.4, -0.2) is 40.6 Å². The molecule has 2 amide bonds. The minimum absolute atomic E-state index is 0.217. The second-order valence-electron chi connectivity index (χ2n) is 7.63. The minimum atomic E-state index is -0.308. The van der Waals surface area contributed by atoms with E-state index in [1.807, 2.05) is 51.1 Å². The number of benzene rings is 2. The average molecular weight is 421 g/mol. The molecular weight excluding hydrogens is 392 g/mol. The van der Waals surface area contributed by atoms with E-state index < -0.39 is 0 Å². The van der Waals surface area contributed by atoms with Gasteiger partial charge in [-0.3, -0.25) is 14.3 Å². The van der Waals surface area contributed by atoms with E-state index >= 15 is 0 Å². The molecule has 7 heteroatoms. The number of hydrogen-bond acceptors (Lipinski definition) is 4. The standard InChI is InChI=1S/C24H28N4O3/c1-6-28-22(24(30)27(4)5)20(14-25-28)26-23(29)19-9-7-8-18(13-19)15-31-21-12-16(2)10-11-17(21)3/h7-14H,6,15H2,1-5H3,(H,26,29). The summed E-state index contributed by atoms with van der Waals surface area (Å²) in [4.78, 5) is 26.9. The third-order valence-electron chi connectivity index (χ3n) is 4.92. The van der Waals surface area contributed by atoms with Gasteiger partial charge in [-0.15, -0.1) is 0 Å². The normalized spacial score (nSPS) is 10.6. The van der Waals surface area contributed by atoms with Crippen LogP contribution in [0.15, 0.2) is 48.7 Å². The van der Waals surface area contributed by atoms with Gasteiger partial charge in [0.15, 0.2) is 0 Å². The first kappa shape index (κ1) is 22.1. The van der Waals surface area contributed by atoms with Crippen LogP contribution in [0.3, 0.4) is 0 Å². The van der Waals surface area contributed by atoms with Gasteiger partial charge in [-0.05, 0) is 55.7 Å². The lowest BCUT2D eigenvalue weighted by molar-refractivity contribution is 0.0816. The number of aryl methyl sites for hydroxylation is 3. The van der Waals surface area contributed by atoms with Crippen molar-refractivity contribution in [3.8, 4) is 5.75 Å². The largest absolute Gasteiger partial charge is 0.489 e. The molecule has 0 saturated carbocycles. The van der Waals surface area contributed by atoms with E-state index in [-0.39, 0.29) is 11.8 Å². The summed E-state index contributed by atoms with van der Waals surface area (Å²) < 4.78 is 7.53. The van der Waals surface area contributed by atoms with Crippen LogP contribution in [0.25, 0.3) is 0 Å². The van der Waals surface area contributed by atoms with Gasteiger partial charge >= 0.3 is 0 Å². The van der Waals surface area contributed by atoms with Crippen molar-refractivity contribution < 1.29 is 14.3 Å². The summed E-state index contributed by atoms with van der Waals surface area (Å²) in [5.41, 5.74) is 4.30. The van der Waals surface area contributed by atoms with Gasteiger partial charge in [0.05, 0.1) is 11.9 Å². The van der Waals surface area contributed by atoms with E-state index in [0.717, 1.165) is 22.4 Å². The van der Waals surface area contributed by atoms with Gasteiger partial charge in [-0.25, -0.2) is 0 Å². The molecular formula is C24H28N4O3. The van der Waals surface area contributed by atoms with Crippen LogP contribution in [-0.2, 0) is 13.2 Å². The highest BCUT2D eigenvalue weighted by molar-refractivity contribution is 6.08. The number of ether oxygens (including phenoxy) is 1. The molecule has 0 aliphatic rings. The number of amides is 2. The molecule has 0 atom stereocenters. The van der Waals surface area contributed by atoms with Crippen molar-refractivity contribution in [3.63, 3.8) is 0 Å². The molecule has 2 aromatic carbocycles. The van der Waals surface area contributed by atoms with Crippen LogP contribution in [0.5, 0.6) is 5.75 Å². The third-order valence-corrected chi connectivity index (χ3v) is 4.92. The summed E-state index contributed by atoms with van der Waals surface area (Å²) in [6.07, 6.45) is 1.51. The lowest BCUT2D eigenvalue weighted by Crippen LogP contribution is -2.26. The van der Waals surface area contributed by atoms with Gasteiger partial charge in [0, 0.05) is 26.2 Å². The molecule has 0 aliphatic carbocycles. The monoisotopic (exact) mass is 420 g/mol. The van der Waals surface area contributed by atoms with Crippen molar-refractivity contribution in [1.29, 1.82) is 0 Å².